The molecule has 0 aliphatic rings. The number of aryl methyl sites for hydroxylation is 1. The van der Waals surface area contributed by atoms with Gasteiger partial charge in [0.15, 0.2) is 5.65 Å². The van der Waals surface area contributed by atoms with E-state index < -0.39 is 0 Å². The molecule has 0 atom stereocenters. The first kappa shape index (κ1) is 12.8. The minimum Gasteiger partial charge on any atom is -0.365 e. The Morgan fingerprint density at radius 1 is 1.00 bits per heavy atom. The van der Waals surface area contributed by atoms with Gasteiger partial charge in [-0.25, -0.2) is 9.50 Å². The topological polar surface area (TPSA) is 42.2 Å². The molecule has 0 amide bonds. The smallest absolute Gasteiger partial charge is 0.158 e. The van der Waals surface area contributed by atoms with E-state index in [1.807, 2.05) is 47.8 Å². The molecule has 1 N–H and O–H groups in total. The van der Waals surface area contributed by atoms with Crippen molar-refractivity contribution in [2.24, 2.45) is 0 Å². The van der Waals surface area contributed by atoms with Gasteiger partial charge in [0.2, 0.25) is 0 Å². The van der Waals surface area contributed by atoms with Crippen molar-refractivity contribution >= 4 is 22.4 Å². The van der Waals surface area contributed by atoms with Gasteiger partial charge < -0.3 is 5.32 Å². The maximum atomic E-state index is 4.73. The van der Waals surface area contributed by atoms with E-state index >= 15 is 0 Å². The molecule has 4 nitrogen and oxygen atoms in total. The SMILES string of the molecule is Cc1cc2nc(NCc3ccccc3)c3ccccc3n2n1. The van der Waals surface area contributed by atoms with Gasteiger partial charge in [0, 0.05) is 18.0 Å². The summed E-state index contributed by atoms with van der Waals surface area (Å²) in [5, 5.41) is 9.06. The van der Waals surface area contributed by atoms with E-state index in [0.29, 0.717) is 0 Å². The van der Waals surface area contributed by atoms with E-state index in [-0.39, 0.29) is 0 Å². The molecule has 0 saturated carbocycles. The summed E-state index contributed by atoms with van der Waals surface area (Å²) in [4.78, 5) is 4.73. The van der Waals surface area contributed by atoms with Crippen molar-refractivity contribution in [1.82, 2.24) is 14.6 Å². The molecular formula is C18H16N4. The molecular weight excluding hydrogens is 272 g/mol. The number of fused-ring (bicyclic) bond motifs is 3. The summed E-state index contributed by atoms with van der Waals surface area (Å²) in [6.45, 7) is 2.74. The highest BCUT2D eigenvalue weighted by atomic mass is 15.3. The number of hydrogen-bond donors (Lipinski definition) is 1. The highest BCUT2D eigenvalue weighted by molar-refractivity contribution is 5.91. The quantitative estimate of drug-likeness (QED) is 0.623. The van der Waals surface area contributed by atoms with Gasteiger partial charge in [0.25, 0.3) is 0 Å². The third kappa shape index (κ3) is 2.19. The Labute approximate surface area is 128 Å². The van der Waals surface area contributed by atoms with Gasteiger partial charge in [0.1, 0.15) is 5.82 Å². The summed E-state index contributed by atoms with van der Waals surface area (Å²) in [6, 6.07) is 20.5. The van der Waals surface area contributed by atoms with E-state index in [0.717, 1.165) is 34.6 Å². The van der Waals surface area contributed by atoms with Crippen LogP contribution in [0.2, 0.25) is 0 Å². The molecule has 0 fully saturated rings. The Kier molecular flexibility index (Phi) is 3.00. The maximum Gasteiger partial charge on any atom is 0.158 e. The molecule has 4 rings (SSSR count). The number of anilines is 1. The summed E-state index contributed by atoms with van der Waals surface area (Å²) in [6.07, 6.45) is 0. The molecule has 0 radical (unpaired) electrons. The lowest BCUT2D eigenvalue weighted by atomic mass is 10.2. The second-order valence-electron chi connectivity index (χ2n) is 5.37. The van der Waals surface area contributed by atoms with Gasteiger partial charge in [-0.3, -0.25) is 0 Å². The molecule has 0 aliphatic heterocycles. The Balaban J connectivity index is 1.81. The lowest BCUT2D eigenvalue weighted by molar-refractivity contribution is 0.954. The van der Waals surface area contributed by atoms with Gasteiger partial charge in [0.05, 0.1) is 11.2 Å². The predicted molar refractivity (Wildman–Crippen MR) is 89.0 cm³/mol. The summed E-state index contributed by atoms with van der Waals surface area (Å²) >= 11 is 0. The summed E-state index contributed by atoms with van der Waals surface area (Å²) in [5.74, 6) is 0.895. The molecule has 2 aromatic carbocycles. The first-order chi connectivity index (χ1) is 10.8. The number of para-hydroxylation sites is 1. The number of nitrogens with zero attached hydrogens (tertiary/aromatic N) is 3. The van der Waals surface area contributed by atoms with Crippen molar-refractivity contribution in [3.8, 4) is 0 Å². The van der Waals surface area contributed by atoms with Crippen LogP contribution in [0.15, 0.2) is 60.7 Å². The van der Waals surface area contributed by atoms with Gasteiger partial charge in [-0.15, -0.1) is 0 Å². The number of nitrogens with one attached hydrogen (secondary N) is 1. The average Bonchev–Trinajstić information content (AvgIpc) is 2.94. The van der Waals surface area contributed by atoms with Crippen molar-refractivity contribution < 1.29 is 0 Å². The number of rotatable bonds is 3. The molecule has 4 aromatic rings. The lowest BCUT2D eigenvalue weighted by Gasteiger charge is -2.10. The van der Waals surface area contributed by atoms with Crippen molar-refractivity contribution in [2.45, 2.75) is 13.5 Å². The first-order valence-corrected chi connectivity index (χ1v) is 7.34. The lowest BCUT2D eigenvalue weighted by Crippen LogP contribution is -2.04. The van der Waals surface area contributed by atoms with Crippen LogP contribution in [0.3, 0.4) is 0 Å². The van der Waals surface area contributed by atoms with Gasteiger partial charge in [-0.2, -0.15) is 5.10 Å². The molecule has 0 spiro atoms. The number of hydrogen-bond acceptors (Lipinski definition) is 3. The van der Waals surface area contributed by atoms with Crippen LogP contribution in [0.5, 0.6) is 0 Å². The average molecular weight is 288 g/mol. The van der Waals surface area contributed by atoms with Crippen molar-refractivity contribution in [1.29, 1.82) is 0 Å². The van der Waals surface area contributed by atoms with Crippen LogP contribution in [0.1, 0.15) is 11.3 Å². The van der Waals surface area contributed by atoms with Crippen molar-refractivity contribution in [3.63, 3.8) is 0 Å². The number of aromatic nitrogens is 3. The van der Waals surface area contributed by atoms with Crippen LogP contribution in [-0.4, -0.2) is 14.6 Å². The minimum absolute atomic E-state index is 0.751. The van der Waals surface area contributed by atoms with E-state index in [9.17, 15) is 0 Å². The highest BCUT2D eigenvalue weighted by Crippen LogP contribution is 2.23. The molecule has 22 heavy (non-hydrogen) atoms. The Morgan fingerprint density at radius 2 is 1.77 bits per heavy atom. The Morgan fingerprint density at radius 3 is 2.64 bits per heavy atom. The zero-order chi connectivity index (χ0) is 14.9. The monoisotopic (exact) mass is 288 g/mol. The minimum atomic E-state index is 0.751. The third-order valence-corrected chi connectivity index (χ3v) is 3.73. The predicted octanol–water partition coefficient (Wildman–Crippen LogP) is 3.80. The number of benzene rings is 2. The Bertz CT molecular complexity index is 941. The second kappa shape index (κ2) is 5.15. The standard InChI is InChI=1S/C18H16N4/c1-13-11-17-20-18(19-12-14-7-3-2-4-8-14)15-9-5-6-10-16(15)22(17)21-13/h2-11H,12H2,1H3,(H,19,20). The fourth-order valence-electron chi connectivity index (χ4n) is 2.69. The summed E-state index contributed by atoms with van der Waals surface area (Å²) < 4.78 is 1.90. The molecule has 0 saturated heterocycles. The highest BCUT2D eigenvalue weighted by Gasteiger charge is 2.09. The van der Waals surface area contributed by atoms with Gasteiger partial charge in [-0.1, -0.05) is 42.5 Å². The fourth-order valence-corrected chi connectivity index (χ4v) is 2.69. The first-order valence-electron chi connectivity index (χ1n) is 7.34. The molecule has 0 unspecified atom stereocenters. The van der Waals surface area contributed by atoms with Gasteiger partial charge >= 0.3 is 0 Å². The largest absolute Gasteiger partial charge is 0.365 e. The molecule has 4 heteroatoms. The summed E-state index contributed by atoms with van der Waals surface area (Å²) in [5.41, 5.74) is 4.14. The zero-order valence-corrected chi connectivity index (χ0v) is 12.3. The Hall–Kier alpha value is -2.88. The van der Waals surface area contributed by atoms with Crippen LogP contribution in [0.4, 0.5) is 5.82 Å². The molecule has 0 bridgehead atoms. The third-order valence-electron chi connectivity index (χ3n) is 3.73. The normalized spacial score (nSPS) is 11.1. The van der Waals surface area contributed by atoms with Crippen molar-refractivity contribution in [3.05, 3.63) is 71.9 Å². The van der Waals surface area contributed by atoms with E-state index in [1.54, 1.807) is 0 Å². The van der Waals surface area contributed by atoms with E-state index in [4.69, 9.17) is 4.98 Å². The van der Waals surface area contributed by atoms with Crippen molar-refractivity contribution in [2.75, 3.05) is 5.32 Å². The maximum absolute atomic E-state index is 4.73. The van der Waals surface area contributed by atoms with Gasteiger partial charge in [-0.05, 0) is 24.6 Å². The van der Waals surface area contributed by atoms with Crippen LogP contribution in [0, 0.1) is 6.92 Å². The molecule has 2 heterocycles. The zero-order valence-electron chi connectivity index (χ0n) is 12.3. The van der Waals surface area contributed by atoms with Crippen LogP contribution in [0.25, 0.3) is 16.6 Å². The molecule has 2 aromatic heterocycles. The second-order valence-corrected chi connectivity index (χ2v) is 5.37. The molecule has 108 valence electrons. The summed E-state index contributed by atoms with van der Waals surface area (Å²) in [7, 11) is 0. The van der Waals surface area contributed by atoms with E-state index in [2.05, 4.69) is 34.7 Å². The van der Waals surface area contributed by atoms with E-state index in [1.165, 1.54) is 5.56 Å². The molecule has 0 aliphatic carbocycles. The van der Waals surface area contributed by atoms with Crippen LogP contribution >= 0.6 is 0 Å². The van der Waals surface area contributed by atoms with Crippen LogP contribution in [-0.2, 0) is 6.54 Å². The fraction of sp³-hybridized carbons (Fsp3) is 0.111. The van der Waals surface area contributed by atoms with Crippen LogP contribution < -0.4 is 5.32 Å².